The molecule has 0 spiro atoms. The quantitative estimate of drug-likeness (QED) is 0.555. The molecule has 2 rings (SSSR count). The number of carbonyl (C=O) groups is 3. The third kappa shape index (κ3) is 4.42. The van der Waals surface area contributed by atoms with Crippen LogP contribution >= 0.6 is 0 Å². The van der Waals surface area contributed by atoms with Gasteiger partial charge >= 0.3 is 5.97 Å². The van der Waals surface area contributed by atoms with E-state index in [0.717, 1.165) is 19.3 Å². The molecule has 27 heavy (non-hydrogen) atoms. The molecular formula is C21H32N2O4. The number of amides is 1. The molecule has 1 saturated carbocycles. The number of rotatable bonds is 8. The summed E-state index contributed by atoms with van der Waals surface area (Å²) in [7, 11) is 0. The van der Waals surface area contributed by atoms with Crippen LogP contribution in [0.3, 0.4) is 0 Å². The Balaban J connectivity index is 2.30. The van der Waals surface area contributed by atoms with Gasteiger partial charge in [0.15, 0.2) is 5.78 Å². The van der Waals surface area contributed by atoms with E-state index < -0.39 is 12.0 Å². The number of hydrogen-bond donors (Lipinski definition) is 1. The largest absolute Gasteiger partial charge is 0.461 e. The Morgan fingerprint density at radius 3 is 2.30 bits per heavy atom. The summed E-state index contributed by atoms with van der Waals surface area (Å²) in [6.07, 6.45) is 2.89. The molecule has 1 fully saturated rings. The smallest absolute Gasteiger partial charge is 0.355 e. The highest BCUT2D eigenvalue weighted by atomic mass is 16.5. The molecule has 1 aromatic heterocycles. The number of hydrogen-bond acceptors (Lipinski definition) is 4. The normalized spacial score (nSPS) is 15.4. The Morgan fingerprint density at radius 1 is 1.19 bits per heavy atom. The number of ether oxygens (including phenoxy) is 1. The SMILES string of the molecule is CCOC(=O)c1[nH]c(C)c(C(=O)[C@H](C)N(CC(C)C)C(=O)C2CCC2)c1C. The van der Waals surface area contributed by atoms with Gasteiger partial charge in [0.05, 0.1) is 12.6 Å². The minimum Gasteiger partial charge on any atom is -0.461 e. The van der Waals surface area contributed by atoms with Gasteiger partial charge in [0.1, 0.15) is 5.69 Å². The van der Waals surface area contributed by atoms with Gasteiger partial charge in [0.25, 0.3) is 0 Å². The molecule has 0 aromatic carbocycles. The third-order valence-electron chi connectivity index (χ3n) is 5.31. The van der Waals surface area contributed by atoms with E-state index in [9.17, 15) is 14.4 Å². The molecule has 0 unspecified atom stereocenters. The molecular weight excluding hydrogens is 344 g/mol. The van der Waals surface area contributed by atoms with Crippen molar-refractivity contribution in [2.45, 2.75) is 66.8 Å². The van der Waals surface area contributed by atoms with Crippen LogP contribution in [-0.4, -0.2) is 46.7 Å². The molecule has 6 nitrogen and oxygen atoms in total. The number of H-pyrrole nitrogens is 1. The molecule has 1 amide bonds. The first-order chi connectivity index (χ1) is 12.7. The fraction of sp³-hybridized carbons (Fsp3) is 0.667. The maximum atomic E-state index is 13.3. The maximum Gasteiger partial charge on any atom is 0.355 e. The Bertz CT molecular complexity index is 716. The van der Waals surface area contributed by atoms with Crippen LogP contribution < -0.4 is 0 Å². The predicted octanol–water partition coefficient (Wildman–Crippen LogP) is 3.66. The lowest BCUT2D eigenvalue weighted by Gasteiger charge is -2.36. The standard InChI is InChI=1S/C21H32N2O4/c1-7-27-21(26)18-13(4)17(14(5)22-18)19(24)15(6)23(11-12(2)3)20(25)16-9-8-10-16/h12,15-16,22H,7-11H2,1-6H3/t15-/m0/s1. The van der Waals surface area contributed by atoms with Crippen molar-refractivity contribution in [2.75, 3.05) is 13.2 Å². The van der Waals surface area contributed by atoms with Gasteiger partial charge in [0, 0.05) is 23.7 Å². The van der Waals surface area contributed by atoms with Gasteiger partial charge in [-0.3, -0.25) is 9.59 Å². The van der Waals surface area contributed by atoms with Crippen LogP contribution in [-0.2, 0) is 9.53 Å². The Labute approximate surface area is 161 Å². The zero-order valence-corrected chi connectivity index (χ0v) is 17.3. The second-order valence-electron chi connectivity index (χ2n) is 7.90. The maximum absolute atomic E-state index is 13.3. The Morgan fingerprint density at radius 2 is 1.81 bits per heavy atom. The zero-order chi connectivity index (χ0) is 20.3. The highest BCUT2D eigenvalue weighted by Crippen LogP contribution is 2.30. The molecule has 6 heteroatoms. The minimum atomic E-state index is -0.566. The van der Waals surface area contributed by atoms with E-state index in [1.54, 1.807) is 32.6 Å². The average molecular weight is 376 g/mol. The lowest BCUT2D eigenvalue weighted by molar-refractivity contribution is -0.140. The molecule has 0 saturated heterocycles. The average Bonchev–Trinajstić information content (AvgIpc) is 2.84. The van der Waals surface area contributed by atoms with Gasteiger partial charge in [-0.2, -0.15) is 0 Å². The second kappa shape index (κ2) is 8.72. The van der Waals surface area contributed by atoms with Crippen molar-refractivity contribution < 1.29 is 19.1 Å². The first-order valence-corrected chi connectivity index (χ1v) is 9.89. The van der Waals surface area contributed by atoms with Crippen LogP contribution in [0.2, 0.25) is 0 Å². The van der Waals surface area contributed by atoms with Crippen molar-refractivity contribution in [3.05, 3.63) is 22.5 Å². The van der Waals surface area contributed by atoms with Crippen molar-refractivity contribution in [1.29, 1.82) is 0 Å². The molecule has 1 heterocycles. The van der Waals surface area contributed by atoms with Crippen molar-refractivity contribution in [3.63, 3.8) is 0 Å². The number of esters is 1. The van der Waals surface area contributed by atoms with E-state index in [1.165, 1.54) is 0 Å². The van der Waals surface area contributed by atoms with E-state index in [2.05, 4.69) is 4.98 Å². The topological polar surface area (TPSA) is 79.5 Å². The highest BCUT2D eigenvalue weighted by molar-refractivity contribution is 6.06. The number of aromatic nitrogens is 1. The molecule has 0 aliphatic heterocycles. The van der Waals surface area contributed by atoms with E-state index in [0.29, 0.717) is 29.1 Å². The van der Waals surface area contributed by atoms with Crippen LogP contribution in [0, 0.1) is 25.7 Å². The summed E-state index contributed by atoms with van der Waals surface area (Å²) >= 11 is 0. The van der Waals surface area contributed by atoms with Crippen LogP contribution in [0.4, 0.5) is 0 Å². The van der Waals surface area contributed by atoms with E-state index in [4.69, 9.17) is 4.74 Å². The van der Waals surface area contributed by atoms with E-state index in [1.807, 2.05) is 13.8 Å². The van der Waals surface area contributed by atoms with Crippen LogP contribution in [0.15, 0.2) is 0 Å². The second-order valence-corrected chi connectivity index (χ2v) is 7.90. The molecule has 0 radical (unpaired) electrons. The molecule has 150 valence electrons. The lowest BCUT2D eigenvalue weighted by atomic mass is 9.83. The van der Waals surface area contributed by atoms with Crippen LogP contribution in [0.1, 0.15) is 79.1 Å². The van der Waals surface area contributed by atoms with E-state index in [-0.39, 0.29) is 30.1 Å². The fourth-order valence-corrected chi connectivity index (χ4v) is 3.60. The van der Waals surface area contributed by atoms with Crippen LogP contribution in [0.5, 0.6) is 0 Å². The highest BCUT2D eigenvalue weighted by Gasteiger charge is 2.36. The number of aromatic amines is 1. The number of aryl methyl sites for hydroxylation is 1. The van der Waals surface area contributed by atoms with E-state index >= 15 is 0 Å². The summed E-state index contributed by atoms with van der Waals surface area (Å²) in [6.45, 7) is 12.0. The zero-order valence-electron chi connectivity index (χ0n) is 17.3. The number of carbonyl (C=O) groups excluding carboxylic acids is 3. The van der Waals surface area contributed by atoms with Gasteiger partial charge in [-0.15, -0.1) is 0 Å². The summed E-state index contributed by atoms with van der Waals surface area (Å²) in [5.41, 5.74) is 2.02. The summed E-state index contributed by atoms with van der Waals surface area (Å²) in [5, 5.41) is 0. The molecule has 1 N–H and O–H groups in total. The van der Waals surface area contributed by atoms with Gasteiger partial charge in [-0.25, -0.2) is 4.79 Å². The number of ketones is 1. The van der Waals surface area contributed by atoms with Gasteiger partial charge < -0.3 is 14.6 Å². The third-order valence-corrected chi connectivity index (χ3v) is 5.31. The first-order valence-electron chi connectivity index (χ1n) is 9.89. The van der Waals surface area contributed by atoms with Gasteiger partial charge in [0.2, 0.25) is 5.91 Å². The first kappa shape index (κ1) is 21.2. The molecule has 1 aliphatic carbocycles. The summed E-state index contributed by atoms with van der Waals surface area (Å²) in [6, 6.07) is -0.566. The fourth-order valence-electron chi connectivity index (χ4n) is 3.60. The molecule has 1 atom stereocenters. The minimum absolute atomic E-state index is 0.0440. The van der Waals surface area contributed by atoms with Crippen molar-refractivity contribution in [2.24, 2.45) is 11.8 Å². The van der Waals surface area contributed by atoms with Gasteiger partial charge in [-0.1, -0.05) is 20.3 Å². The van der Waals surface area contributed by atoms with Gasteiger partial charge in [-0.05, 0) is 52.0 Å². The predicted molar refractivity (Wildman–Crippen MR) is 104 cm³/mol. The monoisotopic (exact) mass is 376 g/mol. The number of nitrogens with zero attached hydrogens (tertiary/aromatic N) is 1. The van der Waals surface area contributed by atoms with Crippen molar-refractivity contribution in [1.82, 2.24) is 9.88 Å². The lowest BCUT2D eigenvalue weighted by Crippen LogP contribution is -2.49. The summed E-state index contributed by atoms with van der Waals surface area (Å²) in [5.74, 6) is -0.206. The van der Waals surface area contributed by atoms with Crippen LogP contribution in [0.25, 0.3) is 0 Å². The molecule has 1 aliphatic rings. The summed E-state index contributed by atoms with van der Waals surface area (Å²) < 4.78 is 5.06. The van der Waals surface area contributed by atoms with Crippen molar-refractivity contribution in [3.8, 4) is 0 Å². The summed E-state index contributed by atoms with van der Waals surface area (Å²) in [4.78, 5) is 43.0. The number of Topliss-reactive ketones (excluding diaryl/α,β-unsaturated/α-hetero) is 1. The molecule has 0 bridgehead atoms. The van der Waals surface area contributed by atoms with Crippen molar-refractivity contribution >= 4 is 17.7 Å². The molecule has 1 aromatic rings. The number of nitrogens with one attached hydrogen (secondary N) is 1. The Hall–Kier alpha value is -2.11. The Kier molecular flexibility index (Phi) is 6.84.